The molecule has 1 saturated carbocycles. The molecule has 3 heteroatoms. The lowest BCUT2D eigenvalue weighted by atomic mass is 9.61. The molecule has 0 saturated heterocycles. The Morgan fingerprint density at radius 2 is 1.95 bits per heavy atom. The van der Waals surface area contributed by atoms with Gasteiger partial charge in [-0.2, -0.15) is 0 Å². The SMILES string of the molecule is Cc1cc(C(=O)O)cc2c1C(N)CCC21CCCCC1. The van der Waals surface area contributed by atoms with Gasteiger partial charge in [-0.15, -0.1) is 0 Å². The Hall–Kier alpha value is -1.35. The van der Waals surface area contributed by atoms with Crippen LogP contribution >= 0.6 is 0 Å². The number of carboxylic acids is 1. The number of hydrogen-bond acceptors (Lipinski definition) is 2. The third kappa shape index (κ3) is 2.05. The fraction of sp³-hybridized carbons (Fsp3) is 0.588. The van der Waals surface area contributed by atoms with E-state index in [0.717, 1.165) is 18.4 Å². The van der Waals surface area contributed by atoms with E-state index in [1.54, 1.807) is 6.07 Å². The molecule has 0 bridgehead atoms. The molecule has 0 amide bonds. The highest BCUT2D eigenvalue weighted by molar-refractivity contribution is 5.88. The lowest BCUT2D eigenvalue weighted by Crippen LogP contribution is -2.37. The van der Waals surface area contributed by atoms with Gasteiger partial charge in [-0.1, -0.05) is 19.3 Å². The highest BCUT2D eigenvalue weighted by Crippen LogP contribution is 2.50. The minimum Gasteiger partial charge on any atom is -0.478 e. The second-order valence-electron chi connectivity index (χ2n) is 6.55. The molecule has 2 aliphatic rings. The van der Waals surface area contributed by atoms with Crippen LogP contribution in [0.3, 0.4) is 0 Å². The van der Waals surface area contributed by atoms with Crippen molar-refractivity contribution in [3.8, 4) is 0 Å². The molecule has 1 fully saturated rings. The molecule has 0 aliphatic heterocycles. The number of carbonyl (C=O) groups is 1. The predicted octanol–water partition coefficient (Wildman–Crippen LogP) is 3.69. The molecule has 3 nitrogen and oxygen atoms in total. The van der Waals surface area contributed by atoms with Crippen LogP contribution in [0.25, 0.3) is 0 Å². The summed E-state index contributed by atoms with van der Waals surface area (Å²) in [6.07, 6.45) is 8.34. The first-order valence-electron chi connectivity index (χ1n) is 7.67. The van der Waals surface area contributed by atoms with Crippen molar-refractivity contribution in [2.75, 3.05) is 0 Å². The van der Waals surface area contributed by atoms with Crippen LogP contribution in [0.15, 0.2) is 12.1 Å². The summed E-state index contributed by atoms with van der Waals surface area (Å²) in [6.45, 7) is 2.01. The van der Waals surface area contributed by atoms with Crippen molar-refractivity contribution in [3.63, 3.8) is 0 Å². The topological polar surface area (TPSA) is 63.3 Å². The van der Waals surface area contributed by atoms with E-state index in [-0.39, 0.29) is 11.5 Å². The van der Waals surface area contributed by atoms with Gasteiger partial charge in [0.2, 0.25) is 0 Å². The Balaban J connectivity index is 2.18. The molecule has 20 heavy (non-hydrogen) atoms. The van der Waals surface area contributed by atoms with E-state index in [9.17, 15) is 9.90 Å². The molecule has 1 atom stereocenters. The summed E-state index contributed by atoms with van der Waals surface area (Å²) in [5, 5.41) is 9.33. The van der Waals surface area contributed by atoms with Gasteiger partial charge in [0, 0.05) is 6.04 Å². The summed E-state index contributed by atoms with van der Waals surface area (Å²) in [7, 11) is 0. The quantitative estimate of drug-likeness (QED) is 0.820. The van der Waals surface area contributed by atoms with Gasteiger partial charge < -0.3 is 10.8 Å². The maximum absolute atomic E-state index is 11.4. The first-order chi connectivity index (χ1) is 9.53. The number of aromatic carboxylic acids is 1. The first kappa shape index (κ1) is 13.6. The average Bonchev–Trinajstić information content (AvgIpc) is 2.44. The number of benzene rings is 1. The van der Waals surface area contributed by atoms with E-state index in [4.69, 9.17) is 5.73 Å². The summed E-state index contributed by atoms with van der Waals surface area (Å²) >= 11 is 0. The van der Waals surface area contributed by atoms with Gasteiger partial charge in [-0.05, 0) is 66.8 Å². The van der Waals surface area contributed by atoms with E-state index in [2.05, 4.69) is 0 Å². The molecule has 1 aromatic rings. The van der Waals surface area contributed by atoms with Crippen LogP contribution in [0.1, 0.15) is 78.0 Å². The Morgan fingerprint density at radius 3 is 2.60 bits per heavy atom. The van der Waals surface area contributed by atoms with Gasteiger partial charge in [0.1, 0.15) is 0 Å². The van der Waals surface area contributed by atoms with Crippen molar-refractivity contribution in [3.05, 3.63) is 34.4 Å². The Morgan fingerprint density at radius 1 is 1.25 bits per heavy atom. The molecule has 3 N–H and O–H groups in total. The zero-order valence-electron chi connectivity index (χ0n) is 12.1. The highest BCUT2D eigenvalue weighted by atomic mass is 16.4. The van der Waals surface area contributed by atoms with Crippen molar-refractivity contribution in [1.29, 1.82) is 0 Å². The second-order valence-corrected chi connectivity index (χ2v) is 6.55. The molecule has 1 unspecified atom stereocenters. The minimum atomic E-state index is -0.832. The minimum absolute atomic E-state index is 0.0698. The smallest absolute Gasteiger partial charge is 0.335 e. The van der Waals surface area contributed by atoms with Crippen molar-refractivity contribution in [2.45, 2.75) is 63.3 Å². The lowest BCUT2D eigenvalue weighted by Gasteiger charge is -2.44. The Kier molecular flexibility index (Phi) is 3.33. The van der Waals surface area contributed by atoms with Gasteiger partial charge >= 0.3 is 5.97 Å². The normalized spacial score (nSPS) is 24.4. The molecule has 0 aromatic heterocycles. The number of fused-ring (bicyclic) bond motifs is 2. The zero-order chi connectivity index (χ0) is 14.3. The van der Waals surface area contributed by atoms with Gasteiger partial charge in [0.15, 0.2) is 0 Å². The van der Waals surface area contributed by atoms with E-state index in [1.165, 1.54) is 43.2 Å². The van der Waals surface area contributed by atoms with Crippen LogP contribution in [0, 0.1) is 6.92 Å². The zero-order valence-corrected chi connectivity index (χ0v) is 12.1. The molecule has 1 spiro atoms. The largest absolute Gasteiger partial charge is 0.478 e. The van der Waals surface area contributed by atoms with Crippen LogP contribution in [0.2, 0.25) is 0 Å². The number of rotatable bonds is 1. The van der Waals surface area contributed by atoms with Crippen LogP contribution in [0.5, 0.6) is 0 Å². The average molecular weight is 273 g/mol. The standard InChI is InChI=1S/C17H23NO2/c1-11-9-12(16(19)20)10-13-15(11)14(18)5-8-17(13)6-3-2-4-7-17/h9-10,14H,2-8,18H2,1H3,(H,19,20). The molecular formula is C17H23NO2. The highest BCUT2D eigenvalue weighted by Gasteiger charge is 2.40. The van der Waals surface area contributed by atoms with Gasteiger partial charge in [0.25, 0.3) is 0 Å². The molecule has 3 rings (SSSR count). The predicted molar refractivity (Wildman–Crippen MR) is 79.1 cm³/mol. The maximum Gasteiger partial charge on any atom is 0.335 e. The summed E-state index contributed by atoms with van der Waals surface area (Å²) in [6, 6.07) is 3.76. The third-order valence-electron chi connectivity index (χ3n) is 5.32. The Labute approximate surface area is 120 Å². The van der Waals surface area contributed by atoms with Crippen molar-refractivity contribution in [2.24, 2.45) is 5.73 Å². The van der Waals surface area contributed by atoms with Crippen LogP contribution < -0.4 is 5.73 Å². The summed E-state index contributed by atoms with van der Waals surface area (Å²) in [5.74, 6) is -0.832. The number of carboxylic acid groups (broad SMARTS) is 1. The van der Waals surface area contributed by atoms with Crippen molar-refractivity contribution >= 4 is 5.97 Å². The molecular weight excluding hydrogens is 250 g/mol. The Bertz CT molecular complexity index is 544. The monoisotopic (exact) mass is 273 g/mol. The summed E-state index contributed by atoms with van der Waals surface area (Å²) < 4.78 is 0. The second kappa shape index (κ2) is 4.88. The van der Waals surface area contributed by atoms with E-state index in [0.29, 0.717) is 5.56 Å². The number of aryl methyl sites for hydroxylation is 1. The molecule has 108 valence electrons. The van der Waals surface area contributed by atoms with E-state index >= 15 is 0 Å². The van der Waals surface area contributed by atoms with E-state index < -0.39 is 5.97 Å². The number of nitrogens with two attached hydrogens (primary N) is 1. The molecule has 1 aromatic carbocycles. The lowest BCUT2D eigenvalue weighted by molar-refractivity contribution is 0.0696. The van der Waals surface area contributed by atoms with Crippen LogP contribution in [-0.4, -0.2) is 11.1 Å². The molecule has 2 aliphatic carbocycles. The maximum atomic E-state index is 11.4. The fourth-order valence-electron chi connectivity index (χ4n) is 4.31. The molecule has 0 radical (unpaired) electrons. The van der Waals surface area contributed by atoms with Crippen LogP contribution in [-0.2, 0) is 5.41 Å². The van der Waals surface area contributed by atoms with Gasteiger partial charge in [-0.3, -0.25) is 0 Å². The van der Waals surface area contributed by atoms with Gasteiger partial charge in [0.05, 0.1) is 5.56 Å². The summed E-state index contributed by atoms with van der Waals surface area (Å²) in [4.78, 5) is 11.4. The third-order valence-corrected chi connectivity index (χ3v) is 5.32. The summed E-state index contributed by atoms with van der Waals surface area (Å²) in [5.41, 5.74) is 10.4. The number of hydrogen-bond donors (Lipinski definition) is 2. The van der Waals surface area contributed by atoms with Crippen molar-refractivity contribution in [1.82, 2.24) is 0 Å². The molecule has 0 heterocycles. The fourth-order valence-corrected chi connectivity index (χ4v) is 4.31. The van der Waals surface area contributed by atoms with E-state index in [1.807, 2.05) is 13.0 Å². The van der Waals surface area contributed by atoms with Gasteiger partial charge in [-0.25, -0.2) is 4.79 Å². The van der Waals surface area contributed by atoms with Crippen molar-refractivity contribution < 1.29 is 9.90 Å². The van der Waals surface area contributed by atoms with Crippen LogP contribution in [0.4, 0.5) is 0 Å². The first-order valence-corrected chi connectivity index (χ1v) is 7.67.